The van der Waals surface area contributed by atoms with Crippen LogP contribution in [0.15, 0.2) is 59.5 Å². The number of ether oxygens (including phenoxy) is 1. The van der Waals surface area contributed by atoms with Gasteiger partial charge < -0.3 is 9.64 Å². The predicted octanol–water partition coefficient (Wildman–Crippen LogP) is 2.62. The summed E-state index contributed by atoms with van der Waals surface area (Å²) < 4.78 is 33.3. The van der Waals surface area contributed by atoms with Gasteiger partial charge in [-0.15, -0.1) is 0 Å². The molecule has 0 atom stereocenters. The second-order valence-corrected chi connectivity index (χ2v) is 7.92. The molecule has 0 amide bonds. The lowest BCUT2D eigenvalue weighted by Gasteiger charge is -2.28. The van der Waals surface area contributed by atoms with Crippen LogP contribution in [0.2, 0.25) is 0 Å². The summed E-state index contributed by atoms with van der Waals surface area (Å²) in [6.45, 7) is 1.51. The van der Waals surface area contributed by atoms with E-state index < -0.39 is 14.9 Å². The summed E-state index contributed by atoms with van der Waals surface area (Å²) in [6, 6.07) is 14.4. The van der Waals surface area contributed by atoms with Crippen molar-refractivity contribution < 1.29 is 18.1 Å². The molecule has 140 valence electrons. The summed E-state index contributed by atoms with van der Waals surface area (Å²) in [5.74, 6) is 0.0772. The normalized spacial score (nSPS) is 15.2. The Morgan fingerprint density at radius 1 is 0.963 bits per heavy atom. The van der Waals surface area contributed by atoms with Crippen LogP contribution in [0.25, 0.3) is 10.9 Å². The van der Waals surface area contributed by atoms with Crippen LogP contribution >= 0.6 is 0 Å². The van der Waals surface area contributed by atoms with Gasteiger partial charge >= 0.3 is 5.69 Å². The van der Waals surface area contributed by atoms with Gasteiger partial charge in [0.15, 0.2) is 0 Å². The number of rotatable bonds is 4. The van der Waals surface area contributed by atoms with Crippen LogP contribution in [0, 0.1) is 10.1 Å². The highest BCUT2D eigenvalue weighted by atomic mass is 32.2. The first-order valence-corrected chi connectivity index (χ1v) is 9.87. The largest absolute Gasteiger partial charge is 0.378 e. The lowest BCUT2D eigenvalue weighted by molar-refractivity contribution is -0.382. The third-order valence-corrected chi connectivity index (χ3v) is 6.27. The summed E-state index contributed by atoms with van der Waals surface area (Å²) in [5, 5.41) is 12.2. The Morgan fingerprint density at radius 2 is 1.59 bits per heavy atom. The number of hydrogen-bond acceptors (Lipinski definition) is 6. The number of morpholine rings is 1. The first-order valence-electron chi connectivity index (χ1n) is 8.43. The fraction of sp³-hybridized carbons (Fsp3) is 0.222. The van der Waals surface area contributed by atoms with E-state index in [4.69, 9.17) is 4.74 Å². The molecule has 0 saturated carbocycles. The Kier molecular flexibility index (Phi) is 4.33. The Morgan fingerprint density at radius 3 is 2.26 bits per heavy atom. The molecule has 0 bridgehead atoms. The maximum Gasteiger partial charge on any atom is 0.320 e. The molecule has 0 spiro atoms. The summed E-state index contributed by atoms with van der Waals surface area (Å²) in [6.07, 6.45) is 0. The molecule has 2 aromatic carbocycles. The van der Waals surface area contributed by atoms with E-state index in [1.165, 1.54) is 12.1 Å². The molecule has 2 heterocycles. The fourth-order valence-electron chi connectivity index (χ4n) is 3.36. The number of para-hydroxylation sites is 1. The van der Waals surface area contributed by atoms with Gasteiger partial charge in [-0.1, -0.05) is 30.3 Å². The zero-order valence-corrected chi connectivity index (χ0v) is 15.1. The maximum absolute atomic E-state index is 13.4. The molecule has 1 aliphatic heterocycles. The fourth-order valence-corrected chi connectivity index (χ4v) is 4.92. The molecule has 0 unspecified atom stereocenters. The van der Waals surface area contributed by atoms with Crippen LogP contribution in [0.1, 0.15) is 0 Å². The summed E-state index contributed by atoms with van der Waals surface area (Å²) in [4.78, 5) is 13.2. The molecule has 27 heavy (non-hydrogen) atoms. The standard InChI is InChI=1S/C18H17N3O5S/c22-21(23)17-15-8-4-5-9-16(15)20(18(17)19-10-12-26-13-11-19)27(24,25)14-6-2-1-3-7-14/h1-9H,10-13H2. The SMILES string of the molecule is O=[N+]([O-])c1c(N2CCOCC2)n(S(=O)(=O)c2ccccc2)c2ccccc12. The Labute approximate surface area is 155 Å². The van der Waals surface area contributed by atoms with Gasteiger partial charge in [0.05, 0.1) is 33.9 Å². The van der Waals surface area contributed by atoms with Gasteiger partial charge in [0.1, 0.15) is 0 Å². The topological polar surface area (TPSA) is 94.7 Å². The van der Waals surface area contributed by atoms with Crippen LogP contribution in [0.3, 0.4) is 0 Å². The molecule has 0 radical (unpaired) electrons. The van der Waals surface area contributed by atoms with E-state index >= 15 is 0 Å². The molecule has 1 aliphatic rings. The van der Waals surface area contributed by atoms with Gasteiger partial charge in [-0.2, -0.15) is 0 Å². The van der Waals surface area contributed by atoms with Gasteiger partial charge in [-0.25, -0.2) is 12.4 Å². The molecule has 0 aliphatic carbocycles. The minimum atomic E-state index is -4.03. The maximum atomic E-state index is 13.4. The number of nitro groups is 1. The molecule has 1 aromatic heterocycles. The zero-order valence-electron chi connectivity index (χ0n) is 14.3. The van der Waals surface area contributed by atoms with Crippen molar-refractivity contribution in [2.24, 2.45) is 0 Å². The van der Waals surface area contributed by atoms with Gasteiger partial charge in [0.2, 0.25) is 5.82 Å². The third kappa shape index (κ3) is 2.84. The van der Waals surface area contributed by atoms with Crippen molar-refractivity contribution in [2.45, 2.75) is 4.90 Å². The quantitative estimate of drug-likeness (QED) is 0.504. The molecule has 4 rings (SSSR count). The molecule has 1 saturated heterocycles. The first kappa shape index (κ1) is 17.5. The van der Waals surface area contributed by atoms with Crippen molar-refractivity contribution in [1.29, 1.82) is 0 Å². The summed E-state index contributed by atoms with van der Waals surface area (Å²) in [7, 11) is -4.03. The minimum absolute atomic E-state index is 0.0772. The second kappa shape index (κ2) is 6.67. The molecule has 8 nitrogen and oxygen atoms in total. The Balaban J connectivity index is 2.09. The van der Waals surface area contributed by atoms with Crippen LogP contribution in [-0.4, -0.2) is 43.6 Å². The molecule has 9 heteroatoms. The van der Waals surface area contributed by atoms with Gasteiger partial charge in [-0.3, -0.25) is 10.1 Å². The van der Waals surface area contributed by atoms with Crippen molar-refractivity contribution in [1.82, 2.24) is 3.97 Å². The van der Waals surface area contributed by atoms with Crippen molar-refractivity contribution in [3.63, 3.8) is 0 Å². The van der Waals surface area contributed by atoms with Gasteiger partial charge in [-0.05, 0) is 24.3 Å². The van der Waals surface area contributed by atoms with Crippen LogP contribution in [0.5, 0.6) is 0 Å². The smallest absolute Gasteiger partial charge is 0.320 e. The zero-order chi connectivity index (χ0) is 19.0. The average molecular weight is 387 g/mol. The third-order valence-electron chi connectivity index (χ3n) is 4.56. The number of aromatic nitrogens is 1. The monoisotopic (exact) mass is 387 g/mol. The van der Waals surface area contributed by atoms with E-state index in [9.17, 15) is 18.5 Å². The number of fused-ring (bicyclic) bond motifs is 1. The lowest BCUT2D eigenvalue weighted by Crippen LogP contribution is -2.38. The van der Waals surface area contributed by atoms with Gasteiger partial charge in [0.25, 0.3) is 10.0 Å². The number of anilines is 1. The Bertz CT molecular complexity index is 1100. The Hall–Kier alpha value is -2.91. The average Bonchev–Trinajstić information content (AvgIpc) is 3.05. The van der Waals surface area contributed by atoms with E-state index in [-0.39, 0.29) is 21.9 Å². The molecular formula is C18H17N3O5S. The summed E-state index contributed by atoms with van der Waals surface area (Å²) >= 11 is 0. The molecule has 0 N–H and O–H groups in total. The highest BCUT2D eigenvalue weighted by Gasteiger charge is 2.36. The molecular weight excluding hydrogens is 370 g/mol. The number of hydrogen-bond donors (Lipinski definition) is 0. The van der Waals surface area contributed by atoms with E-state index in [0.29, 0.717) is 31.7 Å². The number of nitrogens with zero attached hydrogens (tertiary/aromatic N) is 3. The van der Waals surface area contributed by atoms with Crippen LogP contribution < -0.4 is 4.90 Å². The van der Waals surface area contributed by atoms with Crippen molar-refractivity contribution >= 4 is 32.4 Å². The van der Waals surface area contributed by atoms with Crippen LogP contribution in [-0.2, 0) is 14.8 Å². The predicted molar refractivity (Wildman–Crippen MR) is 101 cm³/mol. The van der Waals surface area contributed by atoms with Gasteiger partial charge in [0, 0.05) is 13.1 Å². The highest BCUT2D eigenvalue weighted by Crippen LogP contribution is 2.41. The van der Waals surface area contributed by atoms with E-state index in [1.807, 2.05) is 0 Å². The van der Waals surface area contributed by atoms with Crippen LogP contribution in [0.4, 0.5) is 11.5 Å². The second-order valence-electron chi connectivity index (χ2n) is 6.13. The van der Waals surface area contributed by atoms with Crippen molar-refractivity contribution in [3.8, 4) is 0 Å². The van der Waals surface area contributed by atoms with E-state index in [0.717, 1.165) is 3.97 Å². The molecule has 3 aromatic rings. The van der Waals surface area contributed by atoms with E-state index in [1.54, 1.807) is 47.4 Å². The van der Waals surface area contributed by atoms with E-state index in [2.05, 4.69) is 0 Å². The highest BCUT2D eigenvalue weighted by molar-refractivity contribution is 7.90. The van der Waals surface area contributed by atoms with Crippen molar-refractivity contribution in [3.05, 3.63) is 64.7 Å². The lowest BCUT2D eigenvalue weighted by atomic mass is 10.2. The molecule has 1 fully saturated rings. The number of benzene rings is 2. The van der Waals surface area contributed by atoms with Crippen molar-refractivity contribution in [2.75, 3.05) is 31.2 Å². The summed E-state index contributed by atoms with van der Waals surface area (Å²) in [5.41, 5.74) is 0.0848. The minimum Gasteiger partial charge on any atom is -0.378 e. The first-order chi connectivity index (χ1) is 13.0.